The summed E-state index contributed by atoms with van der Waals surface area (Å²) in [6.07, 6.45) is 0. The normalized spacial score (nSPS) is 9.90. The lowest BCUT2D eigenvalue weighted by Gasteiger charge is -2.18. The number of hydrogen-bond donors (Lipinski definition) is 0. The van der Waals surface area contributed by atoms with E-state index in [9.17, 15) is 9.18 Å². The van der Waals surface area contributed by atoms with Gasteiger partial charge < -0.3 is 4.90 Å². The van der Waals surface area contributed by atoms with Gasteiger partial charge in [0.25, 0.3) is 5.91 Å². The highest BCUT2D eigenvalue weighted by molar-refractivity contribution is 6.06. The minimum absolute atomic E-state index is 0.253. The molecule has 3 nitrogen and oxygen atoms in total. The molecule has 0 atom stereocenters. The van der Waals surface area contributed by atoms with Gasteiger partial charge in [-0.1, -0.05) is 18.2 Å². The first kappa shape index (κ1) is 13.8. The number of amides is 1. The predicted octanol–water partition coefficient (Wildman–Crippen LogP) is 3.28. The molecule has 0 heterocycles. The van der Waals surface area contributed by atoms with Crippen molar-refractivity contribution in [3.05, 3.63) is 65.0 Å². The summed E-state index contributed by atoms with van der Waals surface area (Å²) in [6.45, 7) is 1.64. The third-order valence-corrected chi connectivity index (χ3v) is 3.11. The van der Waals surface area contributed by atoms with Crippen LogP contribution >= 0.6 is 0 Å². The molecular weight excluding hydrogens is 255 g/mol. The zero-order valence-electron chi connectivity index (χ0n) is 11.2. The quantitative estimate of drug-likeness (QED) is 0.839. The molecule has 0 saturated carbocycles. The van der Waals surface area contributed by atoms with E-state index in [-0.39, 0.29) is 11.5 Å². The van der Waals surface area contributed by atoms with Crippen LogP contribution in [0.5, 0.6) is 0 Å². The van der Waals surface area contributed by atoms with Crippen LogP contribution in [0.4, 0.5) is 10.1 Å². The Labute approximate surface area is 116 Å². The number of aryl methyl sites for hydroxylation is 1. The highest BCUT2D eigenvalue weighted by atomic mass is 19.1. The molecule has 0 fully saturated rings. The van der Waals surface area contributed by atoms with Crippen molar-refractivity contribution >= 4 is 11.6 Å². The second-order valence-corrected chi connectivity index (χ2v) is 4.46. The number of carbonyl (C=O) groups is 1. The first-order chi connectivity index (χ1) is 9.54. The topological polar surface area (TPSA) is 44.1 Å². The molecule has 0 N–H and O–H groups in total. The maximum Gasteiger partial charge on any atom is 0.258 e. The van der Waals surface area contributed by atoms with Gasteiger partial charge in [-0.25, -0.2) is 4.39 Å². The Morgan fingerprint density at radius 1 is 1.25 bits per heavy atom. The molecule has 4 heteroatoms. The van der Waals surface area contributed by atoms with Crippen molar-refractivity contribution in [1.82, 2.24) is 0 Å². The standard InChI is InChI=1S/C16H13FN2O/c1-11-7-8-12(9-14(11)17)16(20)19(2)15-6-4-3-5-13(15)10-18/h3-9H,1-2H3. The minimum atomic E-state index is -0.419. The van der Waals surface area contributed by atoms with E-state index in [4.69, 9.17) is 5.26 Å². The first-order valence-corrected chi connectivity index (χ1v) is 6.08. The van der Waals surface area contributed by atoms with Gasteiger partial charge in [0.05, 0.1) is 11.3 Å². The van der Waals surface area contributed by atoms with Crippen LogP contribution in [0.25, 0.3) is 0 Å². The minimum Gasteiger partial charge on any atom is -0.310 e. The smallest absolute Gasteiger partial charge is 0.258 e. The lowest BCUT2D eigenvalue weighted by Crippen LogP contribution is -2.27. The third kappa shape index (κ3) is 2.52. The summed E-state index contributed by atoms with van der Waals surface area (Å²) in [4.78, 5) is 13.7. The van der Waals surface area contributed by atoms with E-state index in [0.717, 1.165) is 0 Å². The molecule has 0 bridgehead atoms. The molecule has 0 radical (unpaired) electrons. The molecule has 0 unspecified atom stereocenters. The molecule has 0 saturated heterocycles. The predicted molar refractivity (Wildman–Crippen MR) is 75.0 cm³/mol. The van der Waals surface area contributed by atoms with Crippen LogP contribution in [0.3, 0.4) is 0 Å². The summed E-state index contributed by atoms with van der Waals surface area (Å²) in [6, 6.07) is 13.2. The zero-order valence-corrected chi connectivity index (χ0v) is 11.2. The van der Waals surface area contributed by atoms with Gasteiger partial charge in [0.2, 0.25) is 0 Å². The molecule has 2 aromatic rings. The fraction of sp³-hybridized carbons (Fsp3) is 0.125. The molecular formula is C16H13FN2O. The second kappa shape index (κ2) is 5.54. The van der Waals surface area contributed by atoms with Crippen LogP contribution < -0.4 is 4.90 Å². The number of benzene rings is 2. The molecule has 2 rings (SSSR count). The number of hydrogen-bond acceptors (Lipinski definition) is 2. The average molecular weight is 268 g/mol. The summed E-state index contributed by atoms with van der Waals surface area (Å²) < 4.78 is 13.5. The molecule has 0 aromatic heterocycles. The molecule has 0 aliphatic heterocycles. The van der Waals surface area contributed by atoms with E-state index in [0.29, 0.717) is 16.8 Å². The Balaban J connectivity index is 2.38. The fourth-order valence-corrected chi connectivity index (χ4v) is 1.89. The summed E-state index contributed by atoms with van der Waals surface area (Å²) in [7, 11) is 1.57. The van der Waals surface area contributed by atoms with E-state index >= 15 is 0 Å². The van der Waals surface area contributed by atoms with Crippen molar-refractivity contribution in [2.45, 2.75) is 6.92 Å². The second-order valence-electron chi connectivity index (χ2n) is 4.46. The summed E-state index contributed by atoms with van der Waals surface area (Å²) in [5.41, 5.74) is 1.64. The third-order valence-electron chi connectivity index (χ3n) is 3.11. The number of carbonyl (C=O) groups excluding carboxylic acids is 1. The molecule has 20 heavy (non-hydrogen) atoms. The molecule has 0 aliphatic rings. The van der Waals surface area contributed by atoms with Crippen LogP contribution in [0, 0.1) is 24.1 Å². The van der Waals surface area contributed by atoms with Crippen LogP contribution in [-0.2, 0) is 0 Å². The SMILES string of the molecule is Cc1ccc(C(=O)N(C)c2ccccc2C#N)cc1F. The van der Waals surface area contributed by atoms with E-state index in [1.165, 1.54) is 11.0 Å². The molecule has 1 amide bonds. The first-order valence-electron chi connectivity index (χ1n) is 6.08. The Hall–Kier alpha value is -2.67. The molecule has 0 aliphatic carbocycles. The average Bonchev–Trinajstić information content (AvgIpc) is 2.48. The van der Waals surface area contributed by atoms with E-state index in [2.05, 4.69) is 0 Å². The van der Waals surface area contributed by atoms with Gasteiger partial charge in [-0.05, 0) is 36.8 Å². The summed E-state index contributed by atoms with van der Waals surface area (Å²) in [5.74, 6) is -0.774. The van der Waals surface area contributed by atoms with Crippen molar-refractivity contribution < 1.29 is 9.18 Å². The Bertz CT molecular complexity index is 704. The Morgan fingerprint density at radius 3 is 2.60 bits per heavy atom. The monoisotopic (exact) mass is 268 g/mol. The number of anilines is 1. The number of halogens is 1. The zero-order chi connectivity index (χ0) is 14.7. The number of nitriles is 1. The van der Waals surface area contributed by atoms with Crippen LogP contribution in [0.15, 0.2) is 42.5 Å². The van der Waals surface area contributed by atoms with Gasteiger partial charge in [-0.15, -0.1) is 0 Å². The molecule has 100 valence electrons. The maximum atomic E-state index is 13.5. The van der Waals surface area contributed by atoms with Crippen molar-refractivity contribution in [3.8, 4) is 6.07 Å². The van der Waals surface area contributed by atoms with E-state index < -0.39 is 5.82 Å². The summed E-state index contributed by atoms with van der Waals surface area (Å²) in [5, 5.41) is 9.05. The lowest BCUT2D eigenvalue weighted by atomic mass is 10.1. The Kier molecular flexibility index (Phi) is 3.81. The maximum absolute atomic E-state index is 13.5. The molecule has 0 spiro atoms. The fourth-order valence-electron chi connectivity index (χ4n) is 1.89. The number of rotatable bonds is 2. The van der Waals surface area contributed by atoms with Crippen LogP contribution in [0.2, 0.25) is 0 Å². The molecule has 2 aromatic carbocycles. The largest absolute Gasteiger partial charge is 0.310 e. The highest BCUT2D eigenvalue weighted by Gasteiger charge is 2.17. The van der Waals surface area contributed by atoms with Gasteiger partial charge in [-0.3, -0.25) is 4.79 Å². The van der Waals surface area contributed by atoms with Crippen molar-refractivity contribution in [2.24, 2.45) is 0 Å². The van der Waals surface area contributed by atoms with Gasteiger partial charge >= 0.3 is 0 Å². The van der Waals surface area contributed by atoms with E-state index in [1.54, 1.807) is 50.4 Å². The van der Waals surface area contributed by atoms with Crippen molar-refractivity contribution in [2.75, 3.05) is 11.9 Å². The van der Waals surface area contributed by atoms with Crippen molar-refractivity contribution in [3.63, 3.8) is 0 Å². The van der Waals surface area contributed by atoms with Gasteiger partial charge in [0, 0.05) is 12.6 Å². The van der Waals surface area contributed by atoms with Gasteiger partial charge in [0.1, 0.15) is 11.9 Å². The number of nitrogens with zero attached hydrogens (tertiary/aromatic N) is 2. The number of para-hydroxylation sites is 1. The summed E-state index contributed by atoms with van der Waals surface area (Å²) >= 11 is 0. The van der Waals surface area contributed by atoms with Crippen LogP contribution in [0.1, 0.15) is 21.5 Å². The Morgan fingerprint density at radius 2 is 1.95 bits per heavy atom. The van der Waals surface area contributed by atoms with Gasteiger partial charge in [0.15, 0.2) is 0 Å². The van der Waals surface area contributed by atoms with Crippen molar-refractivity contribution in [1.29, 1.82) is 5.26 Å². The lowest BCUT2D eigenvalue weighted by molar-refractivity contribution is 0.0992. The van der Waals surface area contributed by atoms with Crippen LogP contribution in [-0.4, -0.2) is 13.0 Å². The van der Waals surface area contributed by atoms with E-state index in [1.807, 2.05) is 6.07 Å². The van der Waals surface area contributed by atoms with Gasteiger partial charge in [-0.2, -0.15) is 5.26 Å². The highest BCUT2D eigenvalue weighted by Crippen LogP contribution is 2.21.